The Morgan fingerprint density at radius 1 is 1.57 bits per heavy atom. The van der Waals surface area contributed by atoms with Crippen LogP contribution in [0.1, 0.15) is 30.9 Å². The molecule has 1 heterocycles. The molecule has 0 saturated carbocycles. The molecule has 0 radical (unpaired) electrons. The van der Waals surface area contributed by atoms with Crippen molar-refractivity contribution in [1.82, 2.24) is 15.1 Å². The van der Waals surface area contributed by atoms with E-state index in [2.05, 4.69) is 10.4 Å². The van der Waals surface area contributed by atoms with Gasteiger partial charge in [-0.05, 0) is 19.9 Å². The topological polar surface area (TPSA) is 46.9 Å². The third-order valence-electron chi connectivity index (χ3n) is 1.46. The van der Waals surface area contributed by atoms with Gasteiger partial charge in [0.1, 0.15) is 5.69 Å². The Hall–Kier alpha value is -1.46. The second kappa shape index (κ2) is 4.17. The summed E-state index contributed by atoms with van der Waals surface area (Å²) in [7, 11) is 0. The first-order valence-electron chi connectivity index (χ1n) is 4.15. The van der Waals surface area contributed by atoms with E-state index >= 15 is 0 Å². The minimum absolute atomic E-state index is 0.000926. The maximum absolute atomic E-state index is 12.1. The fourth-order valence-corrected chi connectivity index (χ4v) is 0.904. The van der Waals surface area contributed by atoms with E-state index in [1.54, 1.807) is 13.8 Å². The van der Waals surface area contributed by atoms with Crippen molar-refractivity contribution >= 4 is 5.91 Å². The summed E-state index contributed by atoms with van der Waals surface area (Å²) < 4.78 is 24.6. The minimum Gasteiger partial charge on any atom is -0.348 e. The van der Waals surface area contributed by atoms with E-state index < -0.39 is 12.5 Å². The van der Waals surface area contributed by atoms with Crippen molar-refractivity contribution in [2.75, 3.05) is 0 Å². The van der Waals surface area contributed by atoms with Gasteiger partial charge >= 0.3 is 6.55 Å². The predicted molar refractivity (Wildman–Crippen MR) is 46.1 cm³/mol. The van der Waals surface area contributed by atoms with Crippen LogP contribution >= 0.6 is 0 Å². The van der Waals surface area contributed by atoms with Gasteiger partial charge in [0.15, 0.2) is 0 Å². The number of aromatic nitrogens is 2. The van der Waals surface area contributed by atoms with Crippen LogP contribution in [-0.4, -0.2) is 21.7 Å². The van der Waals surface area contributed by atoms with E-state index in [1.807, 2.05) is 0 Å². The quantitative estimate of drug-likeness (QED) is 0.807. The van der Waals surface area contributed by atoms with E-state index in [-0.39, 0.29) is 11.7 Å². The highest BCUT2D eigenvalue weighted by Crippen LogP contribution is 2.08. The van der Waals surface area contributed by atoms with Crippen molar-refractivity contribution in [3.63, 3.8) is 0 Å². The number of alkyl halides is 2. The molecule has 14 heavy (non-hydrogen) atoms. The normalized spacial score (nSPS) is 11.0. The molecule has 1 amide bonds. The molecule has 0 saturated heterocycles. The monoisotopic (exact) mass is 203 g/mol. The molecule has 4 nitrogen and oxygen atoms in total. The summed E-state index contributed by atoms with van der Waals surface area (Å²) in [6.07, 6.45) is 1.07. The summed E-state index contributed by atoms with van der Waals surface area (Å²) in [5, 5.41) is 5.97. The Labute approximate surface area is 79.9 Å². The highest BCUT2D eigenvalue weighted by Gasteiger charge is 2.13. The molecular weight excluding hydrogens is 192 g/mol. The highest BCUT2D eigenvalue weighted by molar-refractivity contribution is 5.92. The number of hydrogen-bond acceptors (Lipinski definition) is 2. The van der Waals surface area contributed by atoms with Gasteiger partial charge in [-0.3, -0.25) is 4.79 Å². The van der Waals surface area contributed by atoms with Gasteiger partial charge in [-0.25, -0.2) is 4.68 Å². The number of carbonyl (C=O) groups excluding carboxylic acids is 1. The zero-order valence-electron chi connectivity index (χ0n) is 7.87. The molecular formula is C8H11F2N3O. The Morgan fingerprint density at radius 3 is 2.64 bits per heavy atom. The van der Waals surface area contributed by atoms with Gasteiger partial charge < -0.3 is 5.32 Å². The summed E-state index contributed by atoms with van der Waals surface area (Å²) >= 11 is 0. The number of hydrogen-bond donors (Lipinski definition) is 1. The van der Waals surface area contributed by atoms with Crippen molar-refractivity contribution in [1.29, 1.82) is 0 Å². The molecule has 0 fully saturated rings. The van der Waals surface area contributed by atoms with Crippen LogP contribution in [0.4, 0.5) is 8.78 Å². The lowest BCUT2D eigenvalue weighted by Gasteiger charge is -2.05. The fraction of sp³-hybridized carbons (Fsp3) is 0.500. The summed E-state index contributed by atoms with van der Waals surface area (Å²) in [5.41, 5.74) is -0.000926. The van der Waals surface area contributed by atoms with Gasteiger partial charge in [-0.2, -0.15) is 13.9 Å². The maximum atomic E-state index is 12.1. The van der Waals surface area contributed by atoms with Gasteiger partial charge in [-0.1, -0.05) is 0 Å². The number of halogens is 2. The third kappa shape index (κ3) is 2.51. The van der Waals surface area contributed by atoms with Gasteiger partial charge in [0.25, 0.3) is 5.91 Å². The van der Waals surface area contributed by atoms with Crippen LogP contribution in [0.3, 0.4) is 0 Å². The predicted octanol–water partition coefficient (Wildman–Crippen LogP) is 1.42. The Morgan fingerprint density at radius 2 is 2.21 bits per heavy atom. The van der Waals surface area contributed by atoms with E-state index in [4.69, 9.17) is 0 Å². The number of nitrogens with one attached hydrogen (secondary N) is 1. The molecule has 0 aliphatic rings. The van der Waals surface area contributed by atoms with Crippen LogP contribution in [-0.2, 0) is 0 Å². The van der Waals surface area contributed by atoms with Crippen LogP contribution in [0.25, 0.3) is 0 Å². The lowest BCUT2D eigenvalue weighted by atomic mass is 10.3. The second-order valence-electron chi connectivity index (χ2n) is 3.09. The van der Waals surface area contributed by atoms with Crippen LogP contribution in [0.2, 0.25) is 0 Å². The molecule has 0 aliphatic carbocycles. The molecule has 0 atom stereocenters. The first-order chi connectivity index (χ1) is 6.50. The molecule has 0 aliphatic heterocycles. The van der Waals surface area contributed by atoms with Crippen LogP contribution in [0.15, 0.2) is 12.3 Å². The lowest BCUT2D eigenvalue weighted by Crippen LogP contribution is -2.30. The van der Waals surface area contributed by atoms with Gasteiger partial charge in [0, 0.05) is 12.2 Å². The average Bonchev–Trinajstić information content (AvgIpc) is 2.50. The third-order valence-corrected chi connectivity index (χ3v) is 1.46. The molecule has 1 rings (SSSR count). The maximum Gasteiger partial charge on any atom is 0.333 e. The largest absolute Gasteiger partial charge is 0.348 e. The smallest absolute Gasteiger partial charge is 0.333 e. The van der Waals surface area contributed by atoms with E-state index in [0.717, 1.165) is 6.20 Å². The van der Waals surface area contributed by atoms with Crippen LogP contribution in [0.5, 0.6) is 0 Å². The summed E-state index contributed by atoms with van der Waals surface area (Å²) in [5.74, 6) is -0.445. The van der Waals surface area contributed by atoms with Gasteiger partial charge in [0.05, 0.1) is 0 Å². The Balaban J connectivity index is 2.71. The van der Waals surface area contributed by atoms with Crippen molar-refractivity contribution in [3.8, 4) is 0 Å². The second-order valence-corrected chi connectivity index (χ2v) is 3.09. The lowest BCUT2D eigenvalue weighted by molar-refractivity contribution is 0.0559. The van der Waals surface area contributed by atoms with Crippen molar-refractivity contribution in [3.05, 3.63) is 18.0 Å². The number of amides is 1. The first-order valence-corrected chi connectivity index (χ1v) is 4.15. The SMILES string of the molecule is CC(C)NC(=O)c1ccn(C(F)F)n1. The van der Waals surface area contributed by atoms with Gasteiger partial charge in [-0.15, -0.1) is 0 Å². The molecule has 0 bridgehead atoms. The fourth-order valence-electron chi connectivity index (χ4n) is 0.904. The van der Waals surface area contributed by atoms with Crippen LogP contribution < -0.4 is 5.32 Å². The van der Waals surface area contributed by atoms with Gasteiger partial charge in [0.2, 0.25) is 0 Å². The molecule has 0 aromatic carbocycles. The molecule has 1 N–H and O–H groups in total. The summed E-state index contributed by atoms with van der Waals surface area (Å²) in [6, 6.07) is 1.21. The summed E-state index contributed by atoms with van der Waals surface area (Å²) in [4.78, 5) is 11.3. The highest BCUT2D eigenvalue weighted by atomic mass is 19.3. The molecule has 6 heteroatoms. The minimum atomic E-state index is -2.71. The Kier molecular flexibility index (Phi) is 3.16. The molecule has 1 aromatic rings. The van der Waals surface area contributed by atoms with E-state index in [1.165, 1.54) is 6.07 Å². The molecule has 0 spiro atoms. The zero-order chi connectivity index (χ0) is 10.7. The number of carbonyl (C=O) groups is 1. The zero-order valence-corrected chi connectivity index (χ0v) is 7.87. The summed E-state index contributed by atoms with van der Waals surface area (Å²) in [6.45, 7) is 0.847. The molecule has 78 valence electrons. The van der Waals surface area contributed by atoms with Crippen molar-refractivity contribution in [2.45, 2.75) is 26.4 Å². The first kappa shape index (κ1) is 10.6. The molecule has 0 unspecified atom stereocenters. The van der Waals surface area contributed by atoms with E-state index in [0.29, 0.717) is 4.68 Å². The molecule has 1 aromatic heterocycles. The van der Waals surface area contributed by atoms with E-state index in [9.17, 15) is 13.6 Å². The van der Waals surface area contributed by atoms with Crippen molar-refractivity contribution < 1.29 is 13.6 Å². The Bertz CT molecular complexity index is 322. The van der Waals surface area contributed by atoms with Crippen LogP contribution in [0, 0.1) is 0 Å². The average molecular weight is 203 g/mol. The van der Waals surface area contributed by atoms with Crippen molar-refractivity contribution in [2.24, 2.45) is 0 Å². The number of rotatable bonds is 3. The number of nitrogens with zero attached hydrogens (tertiary/aromatic N) is 2. The standard InChI is InChI=1S/C8H11F2N3O/c1-5(2)11-7(14)6-3-4-13(12-6)8(9)10/h3-5,8H,1-2H3,(H,11,14).